The molecule has 2 saturated heterocycles. The minimum atomic E-state index is -3.60. The number of carbonyl (C=O) groups excluding carboxylic acids is 6. The summed E-state index contributed by atoms with van der Waals surface area (Å²) in [5, 5.41) is 13.2. The number of rotatable bonds is 16. The van der Waals surface area contributed by atoms with Gasteiger partial charge in [0.05, 0.1) is 6.42 Å². The molecule has 15 heteroatoms. The van der Waals surface area contributed by atoms with Crippen molar-refractivity contribution in [2.24, 2.45) is 5.92 Å². The average Bonchev–Trinajstić information content (AvgIpc) is 3.36. The topological polar surface area (TPSA) is 196 Å². The standard InChI is InChI=1S/C49H70O15/c1-15-16-17-18-22-30-35(51)57-37-36(58-42(55)63-46(12,13)14)47(31-24-29-34(50)32(2)25-23-28-33-26-20-19-21-27-33)59-38(39(52)60-43(3,4)5)48(56,40(53)61-44(6,7)8)49(37,64-47)41(54)62-45(9,10)11/h19-21,23,26-28,32,36-38,56H,15-18,22,25,30-31H2,1-14H3/b28-23+/t32-,36-,37-,38-,47+,48-,49+/m1/s1. The molecular weight excluding hydrogens is 829 g/mol. The van der Waals surface area contributed by atoms with E-state index < -0.39 is 106 Å². The Kier molecular flexibility index (Phi) is 17.6. The van der Waals surface area contributed by atoms with Crippen LogP contribution in [0.1, 0.15) is 154 Å². The van der Waals surface area contributed by atoms with Gasteiger partial charge in [0.1, 0.15) is 22.4 Å². The lowest BCUT2D eigenvalue weighted by Crippen LogP contribution is -2.79. The summed E-state index contributed by atoms with van der Waals surface area (Å²) in [6.07, 6.45) is -1.72. The fourth-order valence-electron chi connectivity index (χ4n) is 6.94. The van der Waals surface area contributed by atoms with Gasteiger partial charge in [-0.05, 0) is 107 Å². The summed E-state index contributed by atoms with van der Waals surface area (Å²) in [6.45, 7) is 21.8. The van der Waals surface area contributed by atoms with Gasteiger partial charge in [0, 0.05) is 12.3 Å². The van der Waals surface area contributed by atoms with E-state index >= 15 is 4.79 Å². The van der Waals surface area contributed by atoms with Crippen LogP contribution in [0, 0.1) is 17.8 Å². The predicted octanol–water partition coefficient (Wildman–Crippen LogP) is 7.90. The highest BCUT2D eigenvalue weighted by molar-refractivity contribution is 6.00. The molecule has 2 heterocycles. The van der Waals surface area contributed by atoms with E-state index in [-0.39, 0.29) is 6.42 Å². The Labute approximate surface area is 378 Å². The first-order valence-corrected chi connectivity index (χ1v) is 22.0. The summed E-state index contributed by atoms with van der Waals surface area (Å²) >= 11 is 0. The van der Waals surface area contributed by atoms with E-state index in [4.69, 9.17) is 37.9 Å². The molecule has 2 fully saturated rings. The molecule has 2 aliphatic rings. The Balaban J connectivity index is 2.40. The van der Waals surface area contributed by atoms with Gasteiger partial charge in [-0.2, -0.15) is 0 Å². The molecule has 2 aliphatic heterocycles. The average molecular weight is 899 g/mol. The lowest BCUT2D eigenvalue weighted by molar-refractivity contribution is -0.375. The molecule has 0 amide bonds. The lowest BCUT2D eigenvalue weighted by atomic mass is 9.74. The maximum absolute atomic E-state index is 15.2. The number of ketones is 1. The summed E-state index contributed by atoms with van der Waals surface area (Å²) in [5.41, 5.74) is -11.2. The molecule has 0 saturated carbocycles. The van der Waals surface area contributed by atoms with Gasteiger partial charge in [-0.15, -0.1) is 0 Å². The fourth-order valence-corrected chi connectivity index (χ4v) is 6.94. The largest absolute Gasteiger partial charge is 0.509 e. The van der Waals surface area contributed by atoms with E-state index in [9.17, 15) is 29.1 Å². The number of hydrogen-bond acceptors (Lipinski definition) is 15. The van der Waals surface area contributed by atoms with Crippen LogP contribution in [0.4, 0.5) is 4.79 Å². The van der Waals surface area contributed by atoms with Gasteiger partial charge in [-0.3, -0.25) is 9.59 Å². The second-order valence-corrected chi connectivity index (χ2v) is 20.3. The highest BCUT2D eigenvalue weighted by Crippen LogP contribution is 2.57. The van der Waals surface area contributed by atoms with Gasteiger partial charge >= 0.3 is 30.0 Å². The second kappa shape index (κ2) is 21.0. The van der Waals surface area contributed by atoms with Crippen LogP contribution in [-0.4, -0.2) is 98.6 Å². The van der Waals surface area contributed by atoms with E-state index in [0.717, 1.165) is 24.8 Å². The van der Waals surface area contributed by atoms with Crippen LogP contribution >= 0.6 is 0 Å². The third kappa shape index (κ3) is 14.1. The number of carbonyl (C=O) groups is 6. The number of ether oxygens (including phenoxy) is 8. The van der Waals surface area contributed by atoms with Gasteiger partial charge in [-0.1, -0.05) is 87.9 Å². The van der Waals surface area contributed by atoms with Crippen molar-refractivity contribution in [1.82, 2.24) is 0 Å². The van der Waals surface area contributed by atoms with Crippen LogP contribution < -0.4 is 0 Å². The smallest absolute Gasteiger partial charge is 0.458 e. The number of unbranched alkanes of at least 4 members (excludes halogenated alkanes) is 4. The van der Waals surface area contributed by atoms with Crippen LogP contribution in [-0.2, 0) is 61.9 Å². The van der Waals surface area contributed by atoms with E-state index in [1.807, 2.05) is 49.4 Å². The molecule has 7 atom stereocenters. The number of fused-ring (bicyclic) bond motifs is 2. The number of Topliss-reactive ketones (excluding diaryl/α,β-unsaturated/α-hetero) is 1. The van der Waals surface area contributed by atoms with Crippen molar-refractivity contribution in [3.05, 3.63) is 42.0 Å². The Morgan fingerprint density at radius 3 is 1.88 bits per heavy atom. The van der Waals surface area contributed by atoms with Crippen molar-refractivity contribution in [2.45, 2.75) is 206 Å². The van der Waals surface area contributed by atoms with Crippen LogP contribution in [0.25, 0.3) is 6.08 Å². The third-order valence-corrected chi connectivity index (χ3v) is 9.69. The Morgan fingerprint density at radius 1 is 0.750 bits per heavy atom. The second-order valence-electron chi connectivity index (χ2n) is 20.3. The Hall–Kier alpha value is -4.78. The number of benzene rings is 1. The van der Waals surface area contributed by atoms with Gasteiger partial charge < -0.3 is 43.0 Å². The maximum atomic E-state index is 15.2. The first-order chi connectivity index (χ1) is 29.4. The quantitative estimate of drug-likeness (QED) is 0.0552. The molecule has 0 radical (unpaired) electrons. The first-order valence-electron chi connectivity index (χ1n) is 22.0. The molecule has 3 rings (SSSR count). The molecule has 0 aliphatic carbocycles. The minimum absolute atomic E-state index is 0.219. The van der Waals surface area contributed by atoms with Crippen molar-refractivity contribution in [1.29, 1.82) is 0 Å². The van der Waals surface area contributed by atoms with Crippen molar-refractivity contribution in [2.75, 3.05) is 0 Å². The van der Waals surface area contributed by atoms with Crippen LogP contribution in [0.2, 0.25) is 0 Å². The van der Waals surface area contributed by atoms with Crippen molar-refractivity contribution in [3.8, 4) is 11.8 Å². The number of hydrogen-bond donors (Lipinski definition) is 1. The van der Waals surface area contributed by atoms with E-state index in [0.29, 0.717) is 19.3 Å². The highest BCUT2D eigenvalue weighted by atomic mass is 16.8. The number of aliphatic hydroxyl groups is 1. The molecule has 1 N–H and O–H groups in total. The highest BCUT2D eigenvalue weighted by Gasteiger charge is 2.88. The van der Waals surface area contributed by atoms with Crippen molar-refractivity contribution >= 4 is 41.9 Å². The summed E-state index contributed by atoms with van der Waals surface area (Å²) in [5.74, 6) is -4.05. The zero-order chi connectivity index (χ0) is 48.5. The minimum Gasteiger partial charge on any atom is -0.458 e. The molecule has 64 heavy (non-hydrogen) atoms. The molecule has 1 aromatic rings. The van der Waals surface area contributed by atoms with Crippen molar-refractivity contribution < 1.29 is 71.8 Å². The third-order valence-electron chi connectivity index (χ3n) is 9.69. The zero-order valence-corrected chi connectivity index (χ0v) is 40.2. The van der Waals surface area contributed by atoms with E-state index in [2.05, 4.69) is 11.8 Å². The van der Waals surface area contributed by atoms with Gasteiger partial charge in [0.2, 0.25) is 29.4 Å². The molecule has 0 aromatic heterocycles. The zero-order valence-electron chi connectivity index (χ0n) is 40.2. The lowest BCUT2D eigenvalue weighted by Gasteiger charge is -2.50. The molecule has 0 unspecified atom stereocenters. The van der Waals surface area contributed by atoms with Gasteiger partial charge in [0.25, 0.3) is 5.60 Å². The summed E-state index contributed by atoms with van der Waals surface area (Å²) in [7, 11) is 0. The van der Waals surface area contributed by atoms with Crippen LogP contribution in [0.15, 0.2) is 36.4 Å². The van der Waals surface area contributed by atoms with E-state index in [1.165, 1.54) is 62.3 Å². The number of esters is 4. The summed E-state index contributed by atoms with van der Waals surface area (Å²) in [4.78, 5) is 85.7. The van der Waals surface area contributed by atoms with Crippen molar-refractivity contribution in [3.63, 3.8) is 0 Å². The Bertz CT molecular complexity index is 1920. The van der Waals surface area contributed by atoms with E-state index in [1.54, 1.807) is 27.7 Å². The first kappa shape index (κ1) is 53.6. The molecule has 2 bridgehead atoms. The monoisotopic (exact) mass is 898 g/mol. The van der Waals surface area contributed by atoms with Gasteiger partial charge in [-0.25, -0.2) is 19.2 Å². The normalized spacial score (nSPS) is 25.0. The molecule has 0 spiro atoms. The fraction of sp³-hybridized carbons (Fsp3) is 0.673. The predicted molar refractivity (Wildman–Crippen MR) is 235 cm³/mol. The molecule has 15 nitrogen and oxygen atoms in total. The maximum Gasteiger partial charge on any atom is 0.509 e. The van der Waals surface area contributed by atoms with Gasteiger partial charge in [0.15, 0.2) is 6.10 Å². The summed E-state index contributed by atoms with van der Waals surface area (Å²) < 4.78 is 47.6. The number of allylic oxidation sites excluding steroid dienone is 1. The molecule has 356 valence electrons. The van der Waals surface area contributed by atoms with Crippen LogP contribution in [0.5, 0.6) is 0 Å². The molecule has 1 aromatic carbocycles. The molecular formula is C49H70O15. The summed E-state index contributed by atoms with van der Waals surface area (Å²) in [6, 6.07) is 9.48. The Morgan fingerprint density at radius 2 is 1.31 bits per heavy atom. The van der Waals surface area contributed by atoms with Crippen LogP contribution in [0.3, 0.4) is 0 Å². The SMILES string of the molecule is CCCCCCCC(=O)O[C@@H]1[C@@H](OC(=O)OC(C)(C)C)[C@@]2(CC#CC(=O)[C@H](C)C/C=C/c3ccccc3)O[C@H](C(=O)OC(C)(C)C)[C@@](O)(C(=O)OC(C)(C)C)[C@]1(C(=O)OC(C)(C)C)O2.